The second kappa shape index (κ2) is 64.3. The quantitative estimate of drug-likeness (QED) is 0.0261. The van der Waals surface area contributed by atoms with Crippen molar-refractivity contribution in [1.29, 1.82) is 0 Å². The van der Waals surface area contributed by atoms with Crippen LogP contribution in [0.25, 0.3) is 0 Å². The Kier molecular flexibility index (Phi) is 60.8. The van der Waals surface area contributed by atoms with Gasteiger partial charge in [-0.1, -0.05) is 290 Å². The lowest BCUT2D eigenvalue weighted by molar-refractivity contribution is -0.167. The number of ether oxygens (including phenoxy) is 3. The van der Waals surface area contributed by atoms with Gasteiger partial charge in [-0.2, -0.15) is 0 Å². The summed E-state index contributed by atoms with van der Waals surface area (Å²) in [5.41, 5.74) is 0. The SMILES string of the molecule is CC/C=C\C/C=C\C/C=C\C/C=C\C/C=C\CCCCCC(=O)OC(COC(=O)CCC/C=C\C/C=C\C/C=C\C/C=C\C/C=C\CC)COC(=O)CCCCCCCCCCCCCCCCCCCCCCCCC. The first-order valence-electron chi connectivity index (χ1n) is 32.0. The molecule has 438 valence electrons. The summed E-state index contributed by atoms with van der Waals surface area (Å²) < 4.78 is 16.9. The number of carbonyl (C=O) groups excluding carboxylic acids is 3. The minimum absolute atomic E-state index is 0.110. The van der Waals surface area contributed by atoms with Crippen molar-refractivity contribution in [2.24, 2.45) is 0 Å². The fourth-order valence-electron chi connectivity index (χ4n) is 8.74. The summed E-state index contributed by atoms with van der Waals surface area (Å²) in [5, 5.41) is 0. The number of allylic oxidation sites excluding steroid dienone is 20. The lowest BCUT2D eigenvalue weighted by atomic mass is 10.0. The predicted molar refractivity (Wildman–Crippen MR) is 334 cm³/mol. The predicted octanol–water partition coefficient (Wildman–Crippen LogP) is 22.0. The molecule has 0 saturated carbocycles. The molecule has 1 atom stereocenters. The lowest BCUT2D eigenvalue weighted by Crippen LogP contribution is -2.30. The molecular weight excluding hydrogens is 949 g/mol. The van der Waals surface area contributed by atoms with Gasteiger partial charge in [-0.05, 0) is 103 Å². The molecule has 1 unspecified atom stereocenters. The smallest absolute Gasteiger partial charge is 0.306 e. The molecule has 0 N–H and O–H groups in total. The van der Waals surface area contributed by atoms with Crippen LogP contribution in [0.2, 0.25) is 0 Å². The Morgan fingerprint density at radius 1 is 0.273 bits per heavy atom. The largest absolute Gasteiger partial charge is 0.462 e. The normalized spacial score (nSPS) is 12.9. The topological polar surface area (TPSA) is 78.9 Å². The van der Waals surface area contributed by atoms with E-state index in [0.717, 1.165) is 109 Å². The summed E-state index contributed by atoms with van der Waals surface area (Å²) in [7, 11) is 0. The molecule has 0 fully saturated rings. The first-order valence-corrected chi connectivity index (χ1v) is 32.0. The monoisotopic (exact) mass is 1070 g/mol. The van der Waals surface area contributed by atoms with Crippen LogP contribution in [-0.2, 0) is 28.6 Å². The van der Waals surface area contributed by atoms with Crippen LogP contribution >= 0.6 is 0 Å². The zero-order valence-electron chi connectivity index (χ0n) is 50.2. The van der Waals surface area contributed by atoms with Gasteiger partial charge in [0.2, 0.25) is 0 Å². The van der Waals surface area contributed by atoms with E-state index in [1.54, 1.807) is 0 Å². The van der Waals surface area contributed by atoms with Gasteiger partial charge < -0.3 is 14.2 Å². The van der Waals surface area contributed by atoms with Crippen LogP contribution in [-0.4, -0.2) is 37.2 Å². The molecule has 6 nitrogen and oxygen atoms in total. The number of esters is 3. The van der Waals surface area contributed by atoms with Crippen LogP contribution in [0, 0.1) is 0 Å². The highest BCUT2D eigenvalue weighted by Gasteiger charge is 2.19. The molecule has 0 aromatic heterocycles. The van der Waals surface area contributed by atoms with Gasteiger partial charge in [0.25, 0.3) is 0 Å². The molecule has 0 aromatic rings. The van der Waals surface area contributed by atoms with E-state index in [-0.39, 0.29) is 44.0 Å². The number of hydrogen-bond donors (Lipinski definition) is 0. The minimum Gasteiger partial charge on any atom is -0.462 e. The van der Waals surface area contributed by atoms with E-state index in [2.05, 4.69) is 142 Å². The maximum Gasteiger partial charge on any atom is 0.306 e. The van der Waals surface area contributed by atoms with Crippen LogP contribution in [0.5, 0.6) is 0 Å². The highest BCUT2D eigenvalue weighted by molar-refractivity contribution is 5.71. The van der Waals surface area contributed by atoms with Gasteiger partial charge >= 0.3 is 17.9 Å². The van der Waals surface area contributed by atoms with Gasteiger partial charge in [0.05, 0.1) is 0 Å². The highest BCUT2D eigenvalue weighted by atomic mass is 16.6. The molecule has 0 heterocycles. The Balaban J connectivity index is 4.47. The number of unbranched alkanes of at least 4 members (excludes halogenated alkanes) is 26. The van der Waals surface area contributed by atoms with E-state index in [1.165, 1.54) is 128 Å². The molecule has 6 heteroatoms. The fraction of sp³-hybridized carbons (Fsp3) is 0.676. The third-order valence-electron chi connectivity index (χ3n) is 13.5. The molecule has 0 spiro atoms. The van der Waals surface area contributed by atoms with Crippen molar-refractivity contribution in [2.75, 3.05) is 13.2 Å². The molecule has 0 radical (unpaired) electrons. The molecule has 0 rings (SSSR count). The van der Waals surface area contributed by atoms with E-state index in [0.29, 0.717) is 19.3 Å². The van der Waals surface area contributed by atoms with Crippen LogP contribution < -0.4 is 0 Å². The maximum absolute atomic E-state index is 12.9. The number of hydrogen-bond acceptors (Lipinski definition) is 6. The molecular formula is C71H118O6. The Bertz CT molecular complexity index is 1600. The van der Waals surface area contributed by atoms with Crippen molar-refractivity contribution in [2.45, 2.75) is 297 Å². The van der Waals surface area contributed by atoms with Gasteiger partial charge in [-0.3, -0.25) is 14.4 Å². The molecule has 0 bridgehead atoms. The van der Waals surface area contributed by atoms with Gasteiger partial charge in [0.15, 0.2) is 6.10 Å². The van der Waals surface area contributed by atoms with Gasteiger partial charge in [-0.15, -0.1) is 0 Å². The van der Waals surface area contributed by atoms with Gasteiger partial charge in [0.1, 0.15) is 13.2 Å². The van der Waals surface area contributed by atoms with E-state index in [9.17, 15) is 14.4 Å². The summed E-state index contributed by atoms with van der Waals surface area (Å²) in [6.45, 7) is 6.36. The third-order valence-corrected chi connectivity index (χ3v) is 13.5. The summed E-state index contributed by atoms with van der Waals surface area (Å²) in [6, 6.07) is 0. The van der Waals surface area contributed by atoms with Crippen LogP contribution in [0.3, 0.4) is 0 Å². The zero-order valence-corrected chi connectivity index (χ0v) is 50.2. The molecule has 0 aliphatic carbocycles. The Hall–Kier alpha value is -4.19. The molecule has 0 aliphatic rings. The average Bonchev–Trinajstić information content (AvgIpc) is 3.43. The summed E-state index contributed by atoms with van der Waals surface area (Å²) >= 11 is 0. The first kappa shape index (κ1) is 72.8. The third kappa shape index (κ3) is 62.5. The Morgan fingerprint density at radius 2 is 0.519 bits per heavy atom. The van der Waals surface area contributed by atoms with Gasteiger partial charge in [0, 0.05) is 19.3 Å². The molecule has 0 amide bonds. The van der Waals surface area contributed by atoms with E-state index in [1.807, 2.05) is 0 Å². The maximum atomic E-state index is 12.9. The second-order valence-corrected chi connectivity index (χ2v) is 20.9. The van der Waals surface area contributed by atoms with Crippen molar-refractivity contribution in [3.8, 4) is 0 Å². The van der Waals surface area contributed by atoms with E-state index in [4.69, 9.17) is 14.2 Å². The van der Waals surface area contributed by atoms with Gasteiger partial charge in [-0.25, -0.2) is 0 Å². The van der Waals surface area contributed by atoms with Crippen molar-refractivity contribution in [3.05, 3.63) is 122 Å². The van der Waals surface area contributed by atoms with Crippen molar-refractivity contribution in [1.82, 2.24) is 0 Å². The average molecular weight is 1070 g/mol. The fourth-order valence-corrected chi connectivity index (χ4v) is 8.74. The summed E-state index contributed by atoms with van der Waals surface area (Å²) in [5.74, 6) is -0.997. The Morgan fingerprint density at radius 3 is 0.844 bits per heavy atom. The highest BCUT2D eigenvalue weighted by Crippen LogP contribution is 2.17. The number of carbonyl (C=O) groups is 3. The molecule has 0 aliphatic heterocycles. The van der Waals surface area contributed by atoms with Crippen LogP contribution in [0.15, 0.2) is 122 Å². The van der Waals surface area contributed by atoms with E-state index >= 15 is 0 Å². The van der Waals surface area contributed by atoms with Crippen molar-refractivity contribution >= 4 is 17.9 Å². The van der Waals surface area contributed by atoms with Crippen molar-refractivity contribution < 1.29 is 28.6 Å². The molecule has 0 saturated heterocycles. The Labute approximate surface area is 475 Å². The standard InChI is InChI=1S/C71H118O6/c1-4-7-10-13-16-19-22-25-28-31-33-34-35-36-38-40-43-46-49-52-55-58-61-64-70(73)76-67-68(66-75-69(72)63-60-57-54-51-48-45-42-39-30-27-24-21-18-15-12-9-6-3)77-71(74)65-62-59-56-53-50-47-44-41-37-32-29-26-23-20-17-14-11-8-5-2/h8-9,11-12,17-18,20-21,26-27,29-30,37,41-42,45,47,50-51,54,68H,4-7,10,13-16,19,22-25,28,31-36,38-40,43-44,46,48-49,52-53,55-67H2,1-3H3/b11-8-,12-9-,20-17-,21-18-,29-26-,30-27-,41-37-,45-42-,50-47-,54-51-. The van der Waals surface area contributed by atoms with E-state index < -0.39 is 6.10 Å². The second-order valence-electron chi connectivity index (χ2n) is 20.9. The van der Waals surface area contributed by atoms with Crippen molar-refractivity contribution in [3.63, 3.8) is 0 Å². The summed E-state index contributed by atoms with van der Waals surface area (Å²) in [4.78, 5) is 38.3. The molecule has 77 heavy (non-hydrogen) atoms. The zero-order chi connectivity index (χ0) is 55.7. The number of rotatable bonds is 57. The molecule has 0 aromatic carbocycles. The summed E-state index contributed by atoms with van der Waals surface area (Å²) in [6.07, 6.45) is 89.3. The van der Waals surface area contributed by atoms with Crippen LogP contribution in [0.1, 0.15) is 290 Å². The first-order chi connectivity index (χ1) is 38.0. The van der Waals surface area contributed by atoms with Crippen LogP contribution in [0.4, 0.5) is 0 Å². The minimum atomic E-state index is -0.822. The lowest BCUT2D eigenvalue weighted by Gasteiger charge is -2.18.